The van der Waals surface area contributed by atoms with Gasteiger partial charge in [0.05, 0.1) is 0 Å². The van der Waals surface area contributed by atoms with E-state index in [1.807, 2.05) is 36.4 Å². The molecule has 0 heterocycles. The van der Waals surface area contributed by atoms with Gasteiger partial charge in [0.1, 0.15) is 5.75 Å². The average Bonchev–Trinajstić information content (AvgIpc) is 2.67. The summed E-state index contributed by atoms with van der Waals surface area (Å²) in [6.45, 7) is 13.3. The van der Waals surface area contributed by atoms with Crippen LogP contribution in [-0.2, 0) is 11.3 Å². The Hall–Kier alpha value is -2.33. The van der Waals surface area contributed by atoms with Crippen LogP contribution < -0.4 is 10.1 Å². The molecule has 0 spiro atoms. The van der Waals surface area contributed by atoms with Crippen LogP contribution in [0.2, 0.25) is 0 Å². The zero-order chi connectivity index (χ0) is 19.8. The number of carbonyl (C=O) groups excluding carboxylic acids is 1. The van der Waals surface area contributed by atoms with E-state index in [-0.39, 0.29) is 5.91 Å². The Morgan fingerprint density at radius 1 is 1.00 bits per heavy atom. The van der Waals surface area contributed by atoms with Crippen molar-refractivity contribution < 1.29 is 9.53 Å². The topological polar surface area (TPSA) is 41.6 Å². The van der Waals surface area contributed by atoms with Gasteiger partial charge in [0.25, 0.3) is 5.91 Å². The summed E-state index contributed by atoms with van der Waals surface area (Å²) in [6, 6.07) is 15.9. The summed E-state index contributed by atoms with van der Waals surface area (Å²) < 4.78 is 5.93. The molecule has 4 heteroatoms. The lowest BCUT2D eigenvalue weighted by Crippen LogP contribution is -2.30. The van der Waals surface area contributed by atoms with E-state index in [2.05, 4.69) is 50.0 Å². The van der Waals surface area contributed by atoms with Gasteiger partial charge in [-0.2, -0.15) is 0 Å². The van der Waals surface area contributed by atoms with Crippen LogP contribution in [0.5, 0.6) is 5.75 Å². The first-order chi connectivity index (χ1) is 12.9. The molecule has 0 saturated heterocycles. The molecule has 27 heavy (non-hydrogen) atoms. The van der Waals surface area contributed by atoms with Crippen molar-refractivity contribution in [3.63, 3.8) is 0 Å². The molecule has 0 aliphatic heterocycles. The van der Waals surface area contributed by atoms with Gasteiger partial charge in [0.15, 0.2) is 6.10 Å². The molecule has 0 saturated carbocycles. The van der Waals surface area contributed by atoms with Crippen molar-refractivity contribution in [3.05, 3.63) is 59.7 Å². The summed E-state index contributed by atoms with van der Waals surface area (Å²) in [6.07, 6.45) is -0.569. The number of benzene rings is 2. The van der Waals surface area contributed by atoms with E-state index >= 15 is 0 Å². The van der Waals surface area contributed by atoms with Crippen molar-refractivity contribution in [2.45, 2.75) is 53.2 Å². The lowest BCUT2D eigenvalue weighted by Gasteiger charge is -2.19. The second-order valence-electron chi connectivity index (χ2n) is 7.10. The number of nitrogens with one attached hydrogen (secondary N) is 1. The molecule has 4 nitrogen and oxygen atoms in total. The number of nitrogens with zero attached hydrogens (tertiary/aromatic N) is 1. The van der Waals surface area contributed by atoms with E-state index in [0.29, 0.717) is 5.92 Å². The highest BCUT2D eigenvalue weighted by Crippen LogP contribution is 2.26. The average molecular weight is 369 g/mol. The minimum absolute atomic E-state index is 0.148. The molecule has 2 rings (SSSR count). The second-order valence-corrected chi connectivity index (χ2v) is 7.10. The minimum atomic E-state index is -0.569. The first-order valence-electron chi connectivity index (χ1n) is 9.82. The summed E-state index contributed by atoms with van der Waals surface area (Å²) in [4.78, 5) is 14.9. The van der Waals surface area contributed by atoms with Crippen molar-refractivity contribution in [1.82, 2.24) is 4.90 Å². The van der Waals surface area contributed by atoms with Gasteiger partial charge in [-0.15, -0.1) is 0 Å². The zero-order valence-corrected chi connectivity index (χ0v) is 17.2. The third-order valence-corrected chi connectivity index (χ3v) is 4.74. The highest BCUT2D eigenvalue weighted by atomic mass is 16.5. The molecule has 1 amide bonds. The number of anilines is 1. The fraction of sp³-hybridized carbons (Fsp3) is 0.435. The van der Waals surface area contributed by atoms with Crippen LogP contribution in [0.25, 0.3) is 0 Å². The summed E-state index contributed by atoms with van der Waals surface area (Å²) in [5.74, 6) is 0.963. The highest BCUT2D eigenvalue weighted by molar-refractivity contribution is 5.94. The van der Waals surface area contributed by atoms with Gasteiger partial charge >= 0.3 is 0 Å². The van der Waals surface area contributed by atoms with Crippen LogP contribution in [0.1, 0.15) is 51.7 Å². The molecular formula is C23H32N2O2. The summed E-state index contributed by atoms with van der Waals surface area (Å²) in [7, 11) is 0. The van der Waals surface area contributed by atoms with Crippen LogP contribution in [0.4, 0.5) is 5.69 Å². The first kappa shape index (κ1) is 21.0. The van der Waals surface area contributed by atoms with E-state index < -0.39 is 6.10 Å². The maximum atomic E-state index is 12.5. The smallest absolute Gasteiger partial charge is 0.265 e. The summed E-state index contributed by atoms with van der Waals surface area (Å²) in [5.41, 5.74) is 3.14. The number of carbonyl (C=O) groups is 1. The fourth-order valence-electron chi connectivity index (χ4n) is 2.95. The molecule has 146 valence electrons. The molecule has 2 aromatic carbocycles. The number of hydrogen-bond acceptors (Lipinski definition) is 3. The van der Waals surface area contributed by atoms with Gasteiger partial charge in [-0.05, 0) is 55.3 Å². The third kappa shape index (κ3) is 6.10. The van der Waals surface area contributed by atoms with Crippen LogP contribution in [0.3, 0.4) is 0 Å². The Kier molecular flexibility index (Phi) is 7.86. The van der Waals surface area contributed by atoms with Crippen molar-refractivity contribution in [3.8, 4) is 5.75 Å². The van der Waals surface area contributed by atoms with Crippen LogP contribution in [-0.4, -0.2) is 30.0 Å². The van der Waals surface area contributed by atoms with Crippen molar-refractivity contribution in [1.29, 1.82) is 0 Å². The Morgan fingerprint density at radius 3 is 2.22 bits per heavy atom. The van der Waals surface area contributed by atoms with Gasteiger partial charge in [0, 0.05) is 12.2 Å². The molecule has 0 aromatic heterocycles. The molecule has 0 aliphatic rings. The third-order valence-electron chi connectivity index (χ3n) is 4.74. The lowest BCUT2D eigenvalue weighted by molar-refractivity contribution is -0.122. The monoisotopic (exact) mass is 368 g/mol. The summed E-state index contributed by atoms with van der Waals surface area (Å²) >= 11 is 0. The molecule has 0 fully saturated rings. The molecule has 1 N–H and O–H groups in total. The quantitative estimate of drug-likeness (QED) is 0.673. The van der Waals surface area contributed by atoms with E-state index in [9.17, 15) is 4.79 Å². The van der Waals surface area contributed by atoms with Crippen molar-refractivity contribution in [2.75, 3.05) is 18.4 Å². The molecule has 2 aromatic rings. The van der Waals surface area contributed by atoms with E-state index in [4.69, 9.17) is 4.74 Å². The van der Waals surface area contributed by atoms with Gasteiger partial charge in [-0.1, -0.05) is 58.0 Å². The Morgan fingerprint density at radius 2 is 1.63 bits per heavy atom. The molecular weight excluding hydrogens is 336 g/mol. The molecule has 0 aliphatic carbocycles. The maximum Gasteiger partial charge on any atom is 0.265 e. The fourth-order valence-corrected chi connectivity index (χ4v) is 2.95. The Labute approximate surface area is 163 Å². The van der Waals surface area contributed by atoms with E-state index in [1.165, 1.54) is 5.56 Å². The van der Waals surface area contributed by atoms with E-state index in [0.717, 1.165) is 36.6 Å². The first-order valence-corrected chi connectivity index (χ1v) is 9.82. The number of hydrogen-bond donors (Lipinski definition) is 1. The predicted octanol–water partition coefficient (Wildman–Crippen LogP) is 5.06. The number of rotatable bonds is 9. The molecule has 1 unspecified atom stereocenters. The number of ether oxygens (including phenoxy) is 1. The predicted molar refractivity (Wildman–Crippen MR) is 112 cm³/mol. The van der Waals surface area contributed by atoms with Crippen LogP contribution in [0.15, 0.2) is 48.5 Å². The largest absolute Gasteiger partial charge is 0.481 e. The zero-order valence-electron chi connectivity index (χ0n) is 17.2. The van der Waals surface area contributed by atoms with Crippen LogP contribution in [0, 0.1) is 0 Å². The highest BCUT2D eigenvalue weighted by Gasteiger charge is 2.17. The van der Waals surface area contributed by atoms with Gasteiger partial charge in [-0.25, -0.2) is 0 Å². The molecule has 1 atom stereocenters. The number of amides is 1. The standard InChI is InChI=1S/C23H32N2O2/c1-6-25(7-2)16-19-12-14-20(15-13-19)24-23(26)18(5)27-22-11-9-8-10-21(22)17(3)4/h8-15,17-18H,6-7,16H2,1-5H3,(H,24,26). The Balaban J connectivity index is 1.96. The molecule has 0 radical (unpaired) electrons. The maximum absolute atomic E-state index is 12.5. The summed E-state index contributed by atoms with van der Waals surface area (Å²) in [5, 5.41) is 2.94. The number of para-hydroxylation sites is 1. The minimum Gasteiger partial charge on any atom is -0.481 e. The van der Waals surface area contributed by atoms with E-state index in [1.54, 1.807) is 6.92 Å². The van der Waals surface area contributed by atoms with Gasteiger partial charge in [0.2, 0.25) is 0 Å². The van der Waals surface area contributed by atoms with Crippen LogP contribution >= 0.6 is 0 Å². The second kappa shape index (κ2) is 10.1. The van der Waals surface area contributed by atoms with Crippen molar-refractivity contribution in [2.24, 2.45) is 0 Å². The van der Waals surface area contributed by atoms with Gasteiger partial charge < -0.3 is 10.1 Å². The lowest BCUT2D eigenvalue weighted by atomic mass is 10.0. The SMILES string of the molecule is CCN(CC)Cc1ccc(NC(=O)C(C)Oc2ccccc2C(C)C)cc1. The van der Waals surface area contributed by atoms with Gasteiger partial charge in [-0.3, -0.25) is 9.69 Å². The normalized spacial score (nSPS) is 12.3. The Bertz CT molecular complexity index is 721. The molecule has 0 bridgehead atoms. The van der Waals surface area contributed by atoms with Crippen molar-refractivity contribution >= 4 is 11.6 Å².